The molecule has 1 amide bonds. The topological polar surface area (TPSA) is 38.3 Å². The predicted molar refractivity (Wildman–Crippen MR) is 104 cm³/mol. The van der Waals surface area contributed by atoms with Gasteiger partial charge in [0.05, 0.1) is 11.3 Å². The Kier molecular flexibility index (Phi) is 5.75. The molecule has 0 aromatic heterocycles. The molecule has 4 heteroatoms. The zero-order chi connectivity index (χ0) is 17.5. The lowest BCUT2D eigenvalue weighted by molar-refractivity contribution is 0.102. The minimum Gasteiger partial charge on any atom is -0.455 e. The van der Waals surface area contributed by atoms with Gasteiger partial charge in [-0.3, -0.25) is 4.79 Å². The highest BCUT2D eigenvalue weighted by Gasteiger charge is 2.13. The Morgan fingerprint density at radius 1 is 0.920 bits per heavy atom. The van der Waals surface area contributed by atoms with Crippen LogP contribution in [0.5, 0.6) is 11.5 Å². The average molecular weight is 349 g/mol. The van der Waals surface area contributed by atoms with Crippen molar-refractivity contribution in [1.82, 2.24) is 0 Å². The third-order valence-corrected chi connectivity index (χ3v) is 4.49. The van der Waals surface area contributed by atoms with Crippen molar-refractivity contribution in [3.63, 3.8) is 0 Å². The molecule has 25 heavy (non-hydrogen) atoms. The van der Waals surface area contributed by atoms with Crippen LogP contribution in [0.3, 0.4) is 0 Å². The second-order valence-electron chi connectivity index (χ2n) is 5.29. The quantitative estimate of drug-likeness (QED) is 0.568. The van der Waals surface area contributed by atoms with Gasteiger partial charge in [-0.25, -0.2) is 0 Å². The van der Waals surface area contributed by atoms with Crippen molar-refractivity contribution < 1.29 is 9.53 Å². The lowest BCUT2D eigenvalue weighted by Crippen LogP contribution is -2.13. The fourth-order valence-electron chi connectivity index (χ4n) is 2.40. The van der Waals surface area contributed by atoms with Gasteiger partial charge in [0.15, 0.2) is 5.75 Å². The molecule has 0 bridgehead atoms. The number of nitrogens with one attached hydrogen (secondary N) is 1. The van der Waals surface area contributed by atoms with Crippen molar-refractivity contribution in [2.75, 3.05) is 11.1 Å². The number of anilines is 1. The molecule has 0 aliphatic heterocycles. The van der Waals surface area contributed by atoms with Gasteiger partial charge in [-0.15, -0.1) is 11.8 Å². The van der Waals surface area contributed by atoms with Crippen LogP contribution >= 0.6 is 11.8 Å². The zero-order valence-electron chi connectivity index (χ0n) is 13.9. The summed E-state index contributed by atoms with van der Waals surface area (Å²) in [5, 5.41) is 2.97. The van der Waals surface area contributed by atoms with Crippen molar-refractivity contribution in [3.05, 3.63) is 84.4 Å². The predicted octanol–water partition coefficient (Wildman–Crippen LogP) is 5.84. The Hall–Kier alpha value is -2.72. The largest absolute Gasteiger partial charge is 0.455 e. The number of hydrogen-bond donors (Lipinski definition) is 1. The lowest BCUT2D eigenvalue weighted by atomic mass is 10.2. The molecule has 0 saturated carbocycles. The number of rotatable bonds is 6. The highest BCUT2D eigenvalue weighted by atomic mass is 32.2. The van der Waals surface area contributed by atoms with E-state index in [0.29, 0.717) is 17.0 Å². The number of carbonyl (C=O) groups excluding carboxylic acids is 1. The van der Waals surface area contributed by atoms with E-state index < -0.39 is 0 Å². The molecule has 0 radical (unpaired) electrons. The van der Waals surface area contributed by atoms with E-state index in [9.17, 15) is 4.79 Å². The Labute approximate surface area is 152 Å². The second-order valence-corrected chi connectivity index (χ2v) is 6.60. The molecule has 0 heterocycles. The highest BCUT2D eigenvalue weighted by molar-refractivity contribution is 7.99. The van der Waals surface area contributed by atoms with E-state index in [0.717, 1.165) is 16.4 Å². The SMILES string of the molecule is CCSc1ccccc1C(=O)Nc1ccccc1Oc1ccccc1. The normalized spacial score (nSPS) is 10.3. The summed E-state index contributed by atoms with van der Waals surface area (Å²) in [6, 6.07) is 24.6. The van der Waals surface area contributed by atoms with Crippen LogP contribution in [0.4, 0.5) is 5.69 Å². The van der Waals surface area contributed by atoms with Crippen LogP contribution in [0.15, 0.2) is 83.8 Å². The fourth-order valence-corrected chi connectivity index (χ4v) is 3.20. The Balaban J connectivity index is 1.83. The van der Waals surface area contributed by atoms with Crippen molar-refractivity contribution in [2.24, 2.45) is 0 Å². The summed E-state index contributed by atoms with van der Waals surface area (Å²) >= 11 is 1.66. The van der Waals surface area contributed by atoms with Crippen LogP contribution in [-0.2, 0) is 0 Å². The number of benzene rings is 3. The van der Waals surface area contributed by atoms with Gasteiger partial charge in [0.2, 0.25) is 0 Å². The van der Waals surface area contributed by atoms with Crippen molar-refractivity contribution in [2.45, 2.75) is 11.8 Å². The maximum Gasteiger partial charge on any atom is 0.256 e. The summed E-state index contributed by atoms with van der Waals surface area (Å²) < 4.78 is 5.90. The summed E-state index contributed by atoms with van der Waals surface area (Å²) in [6.07, 6.45) is 0. The van der Waals surface area contributed by atoms with Gasteiger partial charge in [0, 0.05) is 4.90 Å². The van der Waals surface area contributed by atoms with Crippen molar-refractivity contribution in [1.29, 1.82) is 0 Å². The summed E-state index contributed by atoms with van der Waals surface area (Å²) in [7, 11) is 0. The number of thioether (sulfide) groups is 1. The highest BCUT2D eigenvalue weighted by Crippen LogP contribution is 2.30. The molecular weight excluding hydrogens is 330 g/mol. The minimum absolute atomic E-state index is 0.138. The molecule has 0 aliphatic carbocycles. The van der Waals surface area contributed by atoms with Gasteiger partial charge in [-0.2, -0.15) is 0 Å². The number of para-hydroxylation sites is 3. The molecule has 0 aliphatic rings. The van der Waals surface area contributed by atoms with E-state index in [-0.39, 0.29) is 5.91 Å². The standard InChI is InChI=1S/C21H19NO2S/c1-2-25-20-15-9-6-12-17(20)21(23)22-18-13-7-8-14-19(18)24-16-10-4-3-5-11-16/h3-15H,2H2,1H3,(H,22,23). The van der Waals surface area contributed by atoms with Gasteiger partial charge in [-0.05, 0) is 42.2 Å². The first-order chi connectivity index (χ1) is 12.3. The molecule has 1 N–H and O–H groups in total. The number of hydrogen-bond acceptors (Lipinski definition) is 3. The average Bonchev–Trinajstić information content (AvgIpc) is 2.65. The maximum absolute atomic E-state index is 12.7. The summed E-state index contributed by atoms with van der Waals surface area (Å²) in [5.74, 6) is 2.12. The minimum atomic E-state index is -0.138. The summed E-state index contributed by atoms with van der Waals surface area (Å²) in [5.41, 5.74) is 1.32. The smallest absolute Gasteiger partial charge is 0.256 e. The van der Waals surface area contributed by atoms with E-state index >= 15 is 0 Å². The van der Waals surface area contributed by atoms with Crippen LogP contribution in [0.25, 0.3) is 0 Å². The third-order valence-electron chi connectivity index (χ3n) is 3.54. The van der Waals surface area contributed by atoms with Gasteiger partial charge < -0.3 is 10.1 Å². The molecule has 0 atom stereocenters. The Bertz CT molecular complexity index is 849. The van der Waals surface area contributed by atoms with E-state index in [4.69, 9.17) is 4.74 Å². The van der Waals surface area contributed by atoms with E-state index in [1.54, 1.807) is 11.8 Å². The lowest BCUT2D eigenvalue weighted by Gasteiger charge is -2.13. The zero-order valence-corrected chi connectivity index (χ0v) is 14.8. The first kappa shape index (κ1) is 17.1. The first-order valence-electron chi connectivity index (χ1n) is 8.13. The molecule has 3 rings (SSSR count). The number of carbonyl (C=O) groups is 1. The monoisotopic (exact) mass is 349 g/mol. The van der Waals surface area contributed by atoms with E-state index in [1.165, 1.54) is 0 Å². The van der Waals surface area contributed by atoms with Crippen LogP contribution in [0.1, 0.15) is 17.3 Å². The fraction of sp³-hybridized carbons (Fsp3) is 0.0952. The third kappa shape index (κ3) is 4.43. The Morgan fingerprint density at radius 3 is 2.40 bits per heavy atom. The van der Waals surface area contributed by atoms with Crippen LogP contribution in [0.2, 0.25) is 0 Å². The van der Waals surface area contributed by atoms with Gasteiger partial charge in [0.25, 0.3) is 5.91 Å². The second kappa shape index (κ2) is 8.40. The molecule has 3 aromatic rings. The molecule has 0 spiro atoms. The van der Waals surface area contributed by atoms with Gasteiger partial charge in [-0.1, -0.05) is 49.4 Å². The summed E-state index contributed by atoms with van der Waals surface area (Å²) in [6.45, 7) is 2.07. The number of amides is 1. The van der Waals surface area contributed by atoms with E-state index in [2.05, 4.69) is 12.2 Å². The van der Waals surface area contributed by atoms with E-state index in [1.807, 2.05) is 78.9 Å². The molecule has 3 nitrogen and oxygen atoms in total. The summed E-state index contributed by atoms with van der Waals surface area (Å²) in [4.78, 5) is 13.7. The van der Waals surface area contributed by atoms with Crippen LogP contribution < -0.4 is 10.1 Å². The molecule has 3 aromatic carbocycles. The molecule has 126 valence electrons. The van der Waals surface area contributed by atoms with Crippen LogP contribution in [0, 0.1) is 0 Å². The number of ether oxygens (including phenoxy) is 1. The van der Waals surface area contributed by atoms with Gasteiger partial charge >= 0.3 is 0 Å². The molecule has 0 saturated heterocycles. The van der Waals surface area contributed by atoms with Crippen molar-refractivity contribution in [3.8, 4) is 11.5 Å². The molecule has 0 unspecified atom stereocenters. The first-order valence-corrected chi connectivity index (χ1v) is 9.11. The van der Waals surface area contributed by atoms with Crippen LogP contribution in [-0.4, -0.2) is 11.7 Å². The van der Waals surface area contributed by atoms with Crippen molar-refractivity contribution >= 4 is 23.4 Å². The van der Waals surface area contributed by atoms with Gasteiger partial charge in [0.1, 0.15) is 5.75 Å². The maximum atomic E-state index is 12.7. The Morgan fingerprint density at radius 2 is 1.60 bits per heavy atom. The molecule has 0 fully saturated rings. The molecular formula is C21H19NO2S.